The van der Waals surface area contributed by atoms with E-state index >= 15 is 0 Å². The molecule has 0 N–H and O–H groups in total. The summed E-state index contributed by atoms with van der Waals surface area (Å²) in [6, 6.07) is 41.8. The topological polar surface area (TPSA) is 15.5 Å². The minimum atomic E-state index is -2.05. The summed E-state index contributed by atoms with van der Waals surface area (Å²) in [5.41, 5.74) is 24.7. The second-order valence-electron chi connectivity index (χ2n) is 17.4. The molecule has 0 atom stereocenters. The van der Waals surface area contributed by atoms with Crippen molar-refractivity contribution >= 4 is 0 Å². The van der Waals surface area contributed by atoms with Gasteiger partial charge in [0.1, 0.15) is 28.2 Å². The highest BCUT2D eigenvalue weighted by atomic mass is 14.9. The van der Waals surface area contributed by atoms with E-state index in [1.165, 1.54) is 83.8 Å². The highest BCUT2D eigenvalue weighted by molar-refractivity contribution is 5.69. The van der Waals surface area contributed by atoms with Gasteiger partial charge in [-0.3, -0.25) is 0 Å². The molecule has 8 aromatic rings. The van der Waals surface area contributed by atoms with Crippen molar-refractivity contribution in [2.75, 3.05) is 0 Å². The van der Waals surface area contributed by atoms with Crippen molar-refractivity contribution in [3.8, 4) is 45.0 Å². The Morgan fingerprint density at radius 3 is 0.844 bits per heavy atom. The Labute approximate surface area is 390 Å². The van der Waals surface area contributed by atoms with E-state index in [-0.39, 0.29) is 0 Å². The molecule has 4 aromatic heterocycles. The fraction of sp³-hybridized carbons (Fsp3) is 0.267. The number of rotatable bonds is 4. The first-order chi connectivity index (χ1) is 31.6. The van der Waals surface area contributed by atoms with Gasteiger partial charge in [-0.1, -0.05) is 59.7 Å². The molecule has 0 unspecified atom stereocenters. The molecule has 0 spiro atoms. The van der Waals surface area contributed by atoms with Gasteiger partial charge in [-0.15, -0.1) is 0 Å². The van der Waals surface area contributed by atoms with E-state index in [1.807, 2.05) is 49.9 Å². The van der Waals surface area contributed by atoms with Gasteiger partial charge in [-0.05, 0) is 163 Å². The van der Waals surface area contributed by atoms with Crippen LogP contribution < -0.4 is 18.3 Å². The van der Waals surface area contributed by atoms with Crippen LogP contribution in [0.15, 0.2) is 146 Å². The van der Waals surface area contributed by atoms with Crippen LogP contribution in [0.25, 0.3) is 45.0 Å². The van der Waals surface area contributed by atoms with Crippen molar-refractivity contribution in [2.24, 2.45) is 28.2 Å². The van der Waals surface area contributed by atoms with Crippen molar-refractivity contribution in [3.63, 3.8) is 0 Å². The second-order valence-corrected chi connectivity index (χ2v) is 17.4. The lowest BCUT2D eigenvalue weighted by molar-refractivity contribution is -0.660. The zero-order valence-electron chi connectivity index (χ0n) is 44.1. The third-order valence-corrected chi connectivity index (χ3v) is 12.3. The molecule has 8 rings (SSSR count). The fourth-order valence-corrected chi connectivity index (χ4v) is 8.77. The molecule has 0 aliphatic heterocycles. The molecular weight excluding hydrogens is 777 g/mol. The summed E-state index contributed by atoms with van der Waals surface area (Å²) >= 11 is 0. The Kier molecular flexibility index (Phi) is 15.0. The van der Waals surface area contributed by atoms with Crippen LogP contribution in [0, 0.1) is 83.0 Å². The van der Waals surface area contributed by atoms with Crippen LogP contribution in [0.3, 0.4) is 0 Å². The molecule has 0 saturated heterocycles. The summed E-state index contributed by atoms with van der Waals surface area (Å²) in [6.45, 7) is 21.5. The van der Waals surface area contributed by atoms with Crippen molar-refractivity contribution in [1.29, 1.82) is 0 Å². The molecule has 4 heterocycles. The second kappa shape index (κ2) is 21.7. The molecule has 0 aliphatic carbocycles. The molecule has 64 heavy (non-hydrogen) atoms. The largest absolute Gasteiger partial charge is 0.212 e. The highest BCUT2D eigenvalue weighted by Gasteiger charge is 2.18. The van der Waals surface area contributed by atoms with E-state index < -0.39 is 6.85 Å². The summed E-state index contributed by atoms with van der Waals surface area (Å²) in [5, 5.41) is 0. The molecule has 0 fully saturated rings. The van der Waals surface area contributed by atoms with Gasteiger partial charge in [0.05, 0.1) is 22.3 Å². The number of hydrogen-bond acceptors (Lipinski definition) is 0. The minimum absolute atomic E-state index is 0.407. The predicted molar refractivity (Wildman–Crippen MR) is 269 cm³/mol. The Balaban J connectivity index is 0.000000168. The number of hydrogen-bond donors (Lipinski definition) is 0. The Morgan fingerprint density at radius 2 is 0.562 bits per heavy atom. The fourth-order valence-electron chi connectivity index (χ4n) is 8.77. The number of aryl methyl sites for hydroxylation is 14. The first kappa shape index (κ1) is 44.1. The van der Waals surface area contributed by atoms with Crippen LogP contribution in [0.1, 0.15) is 70.9 Å². The summed E-state index contributed by atoms with van der Waals surface area (Å²) in [4.78, 5) is 0. The molecule has 328 valence electrons. The van der Waals surface area contributed by atoms with Gasteiger partial charge in [-0.2, -0.15) is 0 Å². The van der Waals surface area contributed by atoms with Crippen LogP contribution in [0.5, 0.6) is 0 Å². The predicted octanol–water partition coefficient (Wildman–Crippen LogP) is 12.4. The van der Waals surface area contributed by atoms with Gasteiger partial charge < -0.3 is 0 Å². The van der Waals surface area contributed by atoms with Crippen molar-refractivity contribution < 1.29 is 22.4 Å². The molecule has 0 amide bonds. The molecule has 0 radical (unpaired) electrons. The maximum atomic E-state index is 7.51. The average molecular weight is 852 g/mol. The van der Waals surface area contributed by atoms with Crippen LogP contribution in [-0.4, -0.2) is 0 Å². The number of aromatic nitrogens is 4. The highest BCUT2D eigenvalue weighted by Crippen LogP contribution is 2.29. The van der Waals surface area contributed by atoms with E-state index in [4.69, 9.17) is 4.11 Å². The average Bonchev–Trinajstić information content (AvgIpc) is 3.26. The minimum Gasteiger partial charge on any atom is -0.201 e. The van der Waals surface area contributed by atoms with Crippen molar-refractivity contribution in [2.45, 2.75) is 83.0 Å². The summed E-state index contributed by atoms with van der Waals surface area (Å²) in [6.07, 6.45) is 8.27. The molecule has 0 bridgehead atoms. The van der Waals surface area contributed by atoms with E-state index in [9.17, 15) is 0 Å². The quantitative estimate of drug-likeness (QED) is 0.157. The molecule has 0 aliphatic rings. The maximum Gasteiger partial charge on any atom is 0.212 e. The third-order valence-electron chi connectivity index (χ3n) is 12.3. The normalized spacial score (nSPS) is 11.4. The van der Waals surface area contributed by atoms with Gasteiger partial charge in [0, 0.05) is 52.6 Å². The van der Waals surface area contributed by atoms with E-state index in [1.54, 1.807) is 12.1 Å². The first-order valence-corrected chi connectivity index (χ1v) is 22.3. The zero-order chi connectivity index (χ0) is 49.3. The Bertz CT molecular complexity index is 2870. The third kappa shape index (κ3) is 11.5. The molecule has 4 heteroatoms. The van der Waals surface area contributed by atoms with Gasteiger partial charge in [0.15, 0.2) is 24.8 Å². The lowest BCUT2D eigenvalue weighted by Gasteiger charge is -2.10. The Hall–Kier alpha value is -6.52. The number of pyridine rings is 4. The van der Waals surface area contributed by atoms with E-state index in [0.29, 0.717) is 5.56 Å². The van der Waals surface area contributed by atoms with E-state index in [0.717, 1.165) is 22.4 Å². The van der Waals surface area contributed by atoms with Crippen molar-refractivity contribution in [3.05, 3.63) is 213 Å². The maximum absolute atomic E-state index is 7.51. The van der Waals surface area contributed by atoms with Crippen molar-refractivity contribution in [1.82, 2.24) is 0 Å². The van der Waals surface area contributed by atoms with E-state index in [2.05, 4.69) is 207 Å². The van der Waals surface area contributed by atoms with Crippen LogP contribution in [0.4, 0.5) is 0 Å². The summed E-state index contributed by atoms with van der Waals surface area (Å²) in [5.74, 6) is 0. The van der Waals surface area contributed by atoms with Crippen LogP contribution in [-0.2, 0) is 28.2 Å². The van der Waals surface area contributed by atoms with Gasteiger partial charge >= 0.3 is 0 Å². The van der Waals surface area contributed by atoms with Gasteiger partial charge in [0.2, 0.25) is 22.8 Å². The van der Waals surface area contributed by atoms with Crippen LogP contribution >= 0.6 is 0 Å². The van der Waals surface area contributed by atoms with Crippen LogP contribution in [0.2, 0.25) is 0 Å². The monoisotopic (exact) mass is 852 g/mol. The first-order valence-electron chi connectivity index (χ1n) is 23.8. The molecule has 4 nitrogen and oxygen atoms in total. The number of benzene rings is 4. The number of nitrogens with zero attached hydrogens (tertiary/aromatic N) is 4. The standard InChI is InChI=1S/4C15H18N/c2*1-11-8-9-12(2)15(13(11)3)14-7-5-6-10-16(14)4;2*1-11-9-12(2)15(13(3)10-11)14-7-5-6-8-16(14)4/h4*5-10H,1-4H3/q4*+1/i;;1D3;. The molecular formula is C60H72N4+4. The summed E-state index contributed by atoms with van der Waals surface area (Å²) in [7, 11) is 8.27. The van der Waals surface area contributed by atoms with Gasteiger partial charge in [0.25, 0.3) is 0 Å². The van der Waals surface area contributed by atoms with Gasteiger partial charge in [-0.25, -0.2) is 18.3 Å². The lowest BCUT2D eigenvalue weighted by Crippen LogP contribution is -2.30. The lowest BCUT2D eigenvalue weighted by atomic mass is 9.95. The zero-order valence-corrected chi connectivity index (χ0v) is 41.1. The smallest absolute Gasteiger partial charge is 0.201 e. The summed E-state index contributed by atoms with van der Waals surface area (Å²) < 4.78 is 31.1. The Morgan fingerprint density at radius 1 is 0.297 bits per heavy atom. The molecule has 0 saturated carbocycles. The SMILES string of the molecule is Cc1cc(C)c(-c2cccc[n+]2C)c(C)c1.Cc1ccc(C)c(-c2cccc[n+]2C)c1C.Cc1ccc(C)c(-c2cccc[n+]2C)c1C.[2H]C([2H])([2H])c1cc(C)c(-c2cccc[n+]2C)c(C)c1. The molecule has 4 aromatic carbocycles.